The summed E-state index contributed by atoms with van der Waals surface area (Å²) in [5.41, 5.74) is 0.143. The highest BCUT2D eigenvalue weighted by molar-refractivity contribution is 6.30. The van der Waals surface area contributed by atoms with Gasteiger partial charge >= 0.3 is 6.03 Å². The average molecular weight is 334 g/mol. The SMILES string of the molecule is O=C1NC(=O)C2(CCN(C(=O)C3CC3c3cccc(Cl)c3)C2)N1. The van der Waals surface area contributed by atoms with E-state index in [4.69, 9.17) is 11.6 Å². The van der Waals surface area contributed by atoms with E-state index >= 15 is 0 Å². The third-order valence-corrected chi connectivity index (χ3v) is 5.22. The van der Waals surface area contributed by atoms with Crippen LogP contribution in [0.2, 0.25) is 5.02 Å². The Morgan fingerprint density at radius 1 is 1.35 bits per heavy atom. The van der Waals surface area contributed by atoms with Crippen molar-refractivity contribution in [1.82, 2.24) is 15.5 Å². The van der Waals surface area contributed by atoms with Gasteiger partial charge in [0, 0.05) is 17.5 Å². The van der Waals surface area contributed by atoms with E-state index in [1.165, 1.54) is 0 Å². The van der Waals surface area contributed by atoms with Crippen LogP contribution in [-0.2, 0) is 9.59 Å². The number of halogens is 1. The largest absolute Gasteiger partial charge is 0.339 e. The maximum absolute atomic E-state index is 12.7. The normalized spacial score (nSPS) is 32.1. The first kappa shape index (κ1) is 14.5. The lowest BCUT2D eigenvalue weighted by Crippen LogP contribution is -2.49. The summed E-state index contributed by atoms with van der Waals surface area (Å²) in [6.45, 7) is 0.744. The molecule has 1 aliphatic carbocycles. The summed E-state index contributed by atoms with van der Waals surface area (Å²) in [6.07, 6.45) is 1.27. The minimum atomic E-state index is -0.937. The van der Waals surface area contributed by atoms with Crippen molar-refractivity contribution in [2.75, 3.05) is 13.1 Å². The molecule has 3 aliphatic rings. The number of urea groups is 1. The van der Waals surface area contributed by atoms with Crippen LogP contribution in [0.25, 0.3) is 0 Å². The molecular formula is C16H16ClN3O3. The first-order chi connectivity index (χ1) is 11.0. The van der Waals surface area contributed by atoms with Crippen molar-refractivity contribution in [3.8, 4) is 0 Å². The smallest absolute Gasteiger partial charge is 0.322 e. The summed E-state index contributed by atoms with van der Waals surface area (Å²) in [6, 6.07) is 7.11. The number of imide groups is 1. The highest BCUT2D eigenvalue weighted by Crippen LogP contribution is 2.49. The van der Waals surface area contributed by atoms with Crippen molar-refractivity contribution in [2.45, 2.75) is 24.3 Å². The van der Waals surface area contributed by atoms with Crippen LogP contribution in [0.4, 0.5) is 4.79 Å². The average Bonchev–Trinajstić information content (AvgIpc) is 3.12. The lowest BCUT2D eigenvalue weighted by Gasteiger charge is -2.21. The van der Waals surface area contributed by atoms with Crippen LogP contribution in [0.1, 0.15) is 24.3 Å². The summed E-state index contributed by atoms with van der Waals surface area (Å²) >= 11 is 6.00. The Labute approximate surface area is 138 Å². The van der Waals surface area contributed by atoms with Crippen molar-refractivity contribution in [2.24, 2.45) is 5.92 Å². The zero-order chi connectivity index (χ0) is 16.2. The number of carbonyl (C=O) groups is 3. The van der Waals surface area contributed by atoms with Gasteiger partial charge in [-0.25, -0.2) is 4.79 Å². The quantitative estimate of drug-likeness (QED) is 0.800. The molecule has 3 atom stereocenters. The molecule has 2 aliphatic heterocycles. The van der Waals surface area contributed by atoms with E-state index in [2.05, 4.69) is 10.6 Å². The Morgan fingerprint density at radius 3 is 2.87 bits per heavy atom. The highest BCUT2D eigenvalue weighted by Gasteiger charge is 2.54. The molecule has 2 N–H and O–H groups in total. The fourth-order valence-corrected chi connectivity index (χ4v) is 3.82. The Bertz CT molecular complexity index is 722. The van der Waals surface area contributed by atoms with Gasteiger partial charge in [-0.05, 0) is 36.5 Å². The van der Waals surface area contributed by atoms with E-state index in [1.54, 1.807) is 4.90 Å². The molecule has 4 amide bonds. The van der Waals surface area contributed by atoms with E-state index in [-0.39, 0.29) is 30.2 Å². The van der Waals surface area contributed by atoms with E-state index < -0.39 is 11.6 Å². The van der Waals surface area contributed by atoms with Crippen LogP contribution in [0.3, 0.4) is 0 Å². The van der Waals surface area contributed by atoms with E-state index in [1.807, 2.05) is 24.3 Å². The van der Waals surface area contributed by atoms with Gasteiger partial charge in [-0.15, -0.1) is 0 Å². The van der Waals surface area contributed by atoms with Gasteiger partial charge in [0.2, 0.25) is 5.91 Å². The summed E-state index contributed by atoms with van der Waals surface area (Å²) in [5, 5.41) is 5.59. The molecule has 2 heterocycles. The molecule has 6 nitrogen and oxygen atoms in total. The number of amides is 4. The second kappa shape index (κ2) is 4.96. The lowest BCUT2D eigenvalue weighted by molar-refractivity contribution is -0.132. The molecular weight excluding hydrogens is 318 g/mol. The summed E-state index contributed by atoms with van der Waals surface area (Å²) in [7, 11) is 0. The molecule has 23 heavy (non-hydrogen) atoms. The van der Waals surface area contributed by atoms with Crippen LogP contribution < -0.4 is 10.6 Å². The number of carbonyl (C=O) groups excluding carboxylic acids is 3. The van der Waals surface area contributed by atoms with Crippen LogP contribution in [-0.4, -0.2) is 41.4 Å². The summed E-state index contributed by atoms with van der Waals surface area (Å²) < 4.78 is 0. The van der Waals surface area contributed by atoms with Crippen molar-refractivity contribution >= 4 is 29.4 Å². The molecule has 2 saturated heterocycles. The first-order valence-corrected chi connectivity index (χ1v) is 8.04. The number of hydrogen-bond acceptors (Lipinski definition) is 3. The molecule has 7 heteroatoms. The van der Waals surface area contributed by atoms with Gasteiger partial charge in [0.25, 0.3) is 5.91 Å². The van der Waals surface area contributed by atoms with Gasteiger partial charge in [-0.2, -0.15) is 0 Å². The van der Waals surface area contributed by atoms with Crippen molar-refractivity contribution in [3.05, 3.63) is 34.9 Å². The molecule has 120 valence electrons. The molecule has 0 bridgehead atoms. The van der Waals surface area contributed by atoms with E-state index in [0.717, 1.165) is 12.0 Å². The van der Waals surface area contributed by atoms with Crippen LogP contribution in [0.15, 0.2) is 24.3 Å². The van der Waals surface area contributed by atoms with Crippen LogP contribution in [0, 0.1) is 5.92 Å². The Balaban J connectivity index is 1.44. The van der Waals surface area contributed by atoms with Gasteiger partial charge in [-0.3, -0.25) is 14.9 Å². The predicted octanol–water partition coefficient (Wildman–Crippen LogP) is 1.25. The number of hydrogen-bond donors (Lipinski definition) is 2. The monoisotopic (exact) mass is 333 g/mol. The van der Waals surface area contributed by atoms with Gasteiger partial charge < -0.3 is 10.2 Å². The second-order valence-electron chi connectivity index (χ2n) is 6.50. The molecule has 1 aromatic rings. The predicted molar refractivity (Wildman–Crippen MR) is 82.9 cm³/mol. The molecule has 0 radical (unpaired) electrons. The summed E-state index contributed by atoms with van der Waals surface area (Å²) in [4.78, 5) is 37.6. The number of rotatable bonds is 2. The minimum Gasteiger partial charge on any atom is -0.339 e. The van der Waals surface area contributed by atoms with Crippen molar-refractivity contribution in [1.29, 1.82) is 0 Å². The zero-order valence-corrected chi connectivity index (χ0v) is 13.1. The fraction of sp³-hybridized carbons (Fsp3) is 0.438. The Morgan fingerprint density at radius 2 is 2.17 bits per heavy atom. The number of benzene rings is 1. The fourth-order valence-electron chi connectivity index (χ4n) is 3.62. The number of nitrogens with one attached hydrogen (secondary N) is 2. The lowest BCUT2D eigenvalue weighted by atomic mass is 9.99. The van der Waals surface area contributed by atoms with Crippen LogP contribution in [0.5, 0.6) is 0 Å². The third kappa shape index (κ3) is 2.37. The minimum absolute atomic E-state index is 0.0521. The first-order valence-electron chi connectivity index (χ1n) is 7.66. The molecule has 1 saturated carbocycles. The van der Waals surface area contributed by atoms with Crippen LogP contribution >= 0.6 is 11.6 Å². The third-order valence-electron chi connectivity index (χ3n) is 4.98. The highest BCUT2D eigenvalue weighted by atomic mass is 35.5. The van der Waals surface area contributed by atoms with Gasteiger partial charge in [-0.1, -0.05) is 23.7 Å². The molecule has 3 unspecified atom stereocenters. The van der Waals surface area contributed by atoms with Gasteiger partial charge in [0.05, 0.1) is 6.54 Å². The topological polar surface area (TPSA) is 78.5 Å². The maximum Gasteiger partial charge on any atom is 0.322 e. The number of nitrogens with zero attached hydrogens (tertiary/aromatic N) is 1. The molecule has 1 aromatic carbocycles. The molecule has 4 rings (SSSR count). The summed E-state index contributed by atoms with van der Waals surface area (Å²) in [5.74, 6) is -0.130. The van der Waals surface area contributed by atoms with Gasteiger partial charge in [0.15, 0.2) is 0 Å². The van der Waals surface area contributed by atoms with Crippen molar-refractivity contribution < 1.29 is 14.4 Å². The van der Waals surface area contributed by atoms with Crippen molar-refractivity contribution in [3.63, 3.8) is 0 Å². The molecule has 0 aromatic heterocycles. The van der Waals surface area contributed by atoms with E-state index in [0.29, 0.717) is 18.0 Å². The Hall–Kier alpha value is -2.08. The number of likely N-dealkylation sites (tertiary alicyclic amines) is 1. The molecule has 3 fully saturated rings. The maximum atomic E-state index is 12.7. The van der Waals surface area contributed by atoms with E-state index in [9.17, 15) is 14.4 Å². The second-order valence-corrected chi connectivity index (χ2v) is 6.94. The van der Waals surface area contributed by atoms with Gasteiger partial charge in [0.1, 0.15) is 5.54 Å². The Kier molecular flexibility index (Phi) is 3.13. The standard InChI is InChI=1S/C16H16ClN3O3/c17-10-3-1-2-9(6-10)11-7-12(11)13(21)20-5-4-16(8-20)14(22)18-15(23)19-16/h1-3,6,11-12H,4-5,7-8H2,(H2,18,19,22,23). The zero-order valence-electron chi connectivity index (χ0n) is 12.3. The molecule has 1 spiro atoms.